The molecule has 12 heteroatoms. The van der Waals surface area contributed by atoms with Crippen LogP contribution < -0.4 is 10.1 Å². The number of aromatic nitrogens is 4. The van der Waals surface area contributed by atoms with E-state index in [0.29, 0.717) is 45.1 Å². The van der Waals surface area contributed by atoms with Crippen molar-refractivity contribution in [2.45, 2.75) is 36.3 Å². The average molecular weight is 433 g/mol. The summed E-state index contributed by atoms with van der Waals surface area (Å²) in [4.78, 5) is 8.75. The van der Waals surface area contributed by atoms with Crippen molar-refractivity contribution in [2.24, 2.45) is 7.05 Å². The first-order valence-corrected chi connectivity index (χ1v) is 11.2. The number of nitrogens with one attached hydrogen (secondary N) is 1. The summed E-state index contributed by atoms with van der Waals surface area (Å²) < 4.78 is 39.5. The van der Waals surface area contributed by atoms with Gasteiger partial charge in [-0.3, -0.25) is 4.68 Å². The molecule has 0 bridgehead atoms. The molecule has 30 heavy (non-hydrogen) atoms. The maximum Gasteiger partial charge on any atom is 0.246 e. The van der Waals surface area contributed by atoms with Crippen molar-refractivity contribution in [2.75, 3.05) is 31.6 Å². The molecule has 0 radical (unpaired) electrons. The fraction of sp³-hybridized carbons (Fsp3) is 0.556. The predicted octanol–water partition coefficient (Wildman–Crippen LogP) is 0.515. The lowest BCUT2D eigenvalue weighted by molar-refractivity contribution is 0.138. The Morgan fingerprint density at radius 2 is 2.10 bits per heavy atom. The molecule has 4 heterocycles. The van der Waals surface area contributed by atoms with Gasteiger partial charge in [-0.25, -0.2) is 13.4 Å². The number of hydrogen-bond donors (Lipinski definition) is 1. The highest BCUT2D eigenvalue weighted by Crippen LogP contribution is 2.24. The summed E-state index contributed by atoms with van der Waals surface area (Å²) in [7, 11) is -1.86. The molecule has 1 N–H and O–H groups in total. The lowest BCUT2D eigenvalue weighted by atomic mass is 10.1. The SMILES string of the molecule is Cn1cc(S(=O)(=O)N2CCC(Nc3ncc(C#N)c(O[C@@H]4CCOC4)n3)CC2)cn1. The number of rotatable bonds is 6. The molecule has 0 saturated carbocycles. The third-order valence-electron chi connectivity index (χ3n) is 5.15. The number of nitrogens with zero attached hydrogens (tertiary/aromatic N) is 6. The van der Waals surface area contributed by atoms with Gasteiger partial charge in [-0.2, -0.15) is 19.6 Å². The van der Waals surface area contributed by atoms with E-state index in [1.54, 1.807) is 7.05 Å². The summed E-state index contributed by atoms with van der Waals surface area (Å²) in [6.45, 7) is 1.87. The first-order valence-electron chi connectivity index (χ1n) is 9.72. The minimum absolute atomic E-state index is 0.0148. The van der Waals surface area contributed by atoms with E-state index in [9.17, 15) is 13.7 Å². The third-order valence-corrected chi connectivity index (χ3v) is 7.00. The normalized spacial score (nSPS) is 20.7. The monoisotopic (exact) mass is 433 g/mol. The van der Waals surface area contributed by atoms with Gasteiger partial charge >= 0.3 is 0 Å². The molecule has 0 unspecified atom stereocenters. The number of sulfonamides is 1. The maximum absolute atomic E-state index is 12.7. The summed E-state index contributed by atoms with van der Waals surface area (Å²) in [5, 5.41) is 16.5. The fourth-order valence-electron chi connectivity index (χ4n) is 3.47. The fourth-order valence-corrected chi connectivity index (χ4v) is 4.93. The van der Waals surface area contributed by atoms with Crippen LogP contribution in [0.3, 0.4) is 0 Å². The Kier molecular flexibility index (Phi) is 5.85. The molecular formula is C18H23N7O4S. The van der Waals surface area contributed by atoms with E-state index >= 15 is 0 Å². The minimum Gasteiger partial charge on any atom is -0.471 e. The van der Waals surface area contributed by atoms with E-state index in [1.165, 1.54) is 27.6 Å². The molecule has 2 aliphatic rings. The molecule has 11 nitrogen and oxygen atoms in total. The molecule has 1 atom stereocenters. The maximum atomic E-state index is 12.7. The number of anilines is 1. The third kappa shape index (κ3) is 4.38. The van der Waals surface area contributed by atoms with Crippen LogP contribution >= 0.6 is 0 Å². The molecular weight excluding hydrogens is 410 g/mol. The van der Waals surface area contributed by atoms with Crippen molar-refractivity contribution in [1.29, 1.82) is 5.26 Å². The molecule has 2 aromatic heterocycles. The van der Waals surface area contributed by atoms with Crippen LogP contribution in [0.4, 0.5) is 5.95 Å². The standard InChI is InChI=1S/C18H23N7O4S/c1-24-11-16(10-21-24)30(26,27)25-5-2-14(3-6-25)22-18-20-9-13(8-19)17(23-18)29-15-4-7-28-12-15/h9-11,14-15H,2-7,12H2,1H3,(H,20,22,23)/t15-/m1/s1. The Bertz CT molecular complexity index is 1040. The number of ether oxygens (including phenoxy) is 2. The summed E-state index contributed by atoms with van der Waals surface area (Å²) >= 11 is 0. The van der Waals surface area contributed by atoms with Gasteiger partial charge in [0.05, 0.1) is 25.6 Å². The number of hydrogen-bond acceptors (Lipinski definition) is 9. The highest BCUT2D eigenvalue weighted by atomic mass is 32.2. The lowest BCUT2D eigenvalue weighted by Gasteiger charge is -2.31. The van der Waals surface area contributed by atoms with Crippen molar-refractivity contribution < 1.29 is 17.9 Å². The average Bonchev–Trinajstić information content (AvgIpc) is 3.41. The molecule has 0 spiro atoms. The van der Waals surface area contributed by atoms with Gasteiger partial charge in [-0.1, -0.05) is 0 Å². The van der Waals surface area contributed by atoms with Crippen LogP contribution in [0, 0.1) is 11.3 Å². The summed E-state index contributed by atoms with van der Waals surface area (Å²) in [6.07, 6.45) is 6.14. The molecule has 2 fully saturated rings. The van der Waals surface area contributed by atoms with Crippen LogP contribution in [0.15, 0.2) is 23.5 Å². The van der Waals surface area contributed by atoms with Crippen LogP contribution in [0.1, 0.15) is 24.8 Å². The quantitative estimate of drug-likeness (QED) is 0.691. The predicted molar refractivity (Wildman–Crippen MR) is 105 cm³/mol. The van der Waals surface area contributed by atoms with Gasteiger partial charge in [0.25, 0.3) is 0 Å². The minimum atomic E-state index is -3.54. The van der Waals surface area contributed by atoms with E-state index in [4.69, 9.17) is 9.47 Å². The van der Waals surface area contributed by atoms with Gasteiger partial charge in [0, 0.05) is 38.8 Å². The topological polar surface area (TPSA) is 135 Å². The Balaban J connectivity index is 1.38. The second-order valence-electron chi connectivity index (χ2n) is 7.30. The van der Waals surface area contributed by atoms with E-state index in [2.05, 4.69) is 20.4 Å². The molecule has 4 rings (SSSR count). The number of nitriles is 1. The van der Waals surface area contributed by atoms with Crippen LogP contribution in [0.5, 0.6) is 5.88 Å². The van der Waals surface area contributed by atoms with Crippen molar-refractivity contribution in [3.05, 3.63) is 24.2 Å². The van der Waals surface area contributed by atoms with Crippen molar-refractivity contribution in [3.8, 4) is 11.9 Å². The Morgan fingerprint density at radius 1 is 1.30 bits per heavy atom. The Hall–Kier alpha value is -2.75. The van der Waals surface area contributed by atoms with Gasteiger partial charge in [-0.15, -0.1) is 0 Å². The summed E-state index contributed by atoms with van der Waals surface area (Å²) in [5.41, 5.74) is 0.268. The van der Waals surface area contributed by atoms with Crippen LogP contribution in [-0.4, -0.2) is 70.9 Å². The van der Waals surface area contributed by atoms with Crippen LogP contribution in [0.2, 0.25) is 0 Å². The Labute approximate surface area is 174 Å². The molecule has 0 amide bonds. The lowest BCUT2D eigenvalue weighted by Crippen LogP contribution is -2.42. The van der Waals surface area contributed by atoms with Gasteiger partial charge in [0.1, 0.15) is 22.6 Å². The molecule has 0 aromatic carbocycles. The number of piperidine rings is 1. The summed E-state index contributed by atoms with van der Waals surface area (Å²) in [5.74, 6) is 0.596. The zero-order valence-corrected chi connectivity index (χ0v) is 17.4. The largest absolute Gasteiger partial charge is 0.471 e. The smallest absolute Gasteiger partial charge is 0.246 e. The summed E-state index contributed by atoms with van der Waals surface area (Å²) in [6, 6.07) is 2.06. The van der Waals surface area contributed by atoms with E-state index < -0.39 is 10.0 Å². The van der Waals surface area contributed by atoms with Gasteiger partial charge < -0.3 is 14.8 Å². The second kappa shape index (κ2) is 8.55. The van der Waals surface area contributed by atoms with E-state index in [-0.39, 0.29) is 28.5 Å². The highest BCUT2D eigenvalue weighted by molar-refractivity contribution is 7.89. The number of aryl methyl sites for hydroxylation is 1. The first kappa shape index (κ1) is 20.5. The van der Waals surface area contributed by atoms with Gasteiger partial charge in [-0.05, 0) is 12.8 Å². The first-order chi connectivity index (χ1) is 14.5. The highest BCUT2D eigenvalue weighted by Gasteiger charge is 2.30. The van der Waals surface area contributed by atoms with E-state index in [1.807, 2.05) is 6.07 Å². The van der Waals surface area contributed by atoms with Crippen molar-refractivity contribution in [3.63, 3.8) is 0 Å². The van der Waals surface area contributed by atoms with Gasteiger partial charge in [0.2, 0.25) is 21.9 Å². The van der Waals surface area contributed by atoms with Crippen LogP contribution in [0.25, 0.3) is 0 Å². The molecule has 2 aromatic rings. The zero-order chi connectivity index (χ0) is 21.1. The van der Waals surface area contributed by atoms with Crippen LogP contribution in [-0.2, 0) is 21.8 Å². The molecule has 160 valence electrons. The second-order valence-corrected chi connectivity index (χ2v) is 9.24. The Morgan fingerprint density at radius 3 is 2.73 bits per heavy atom. The van der Waals surface area contributed by atoms with Crippen molar-refractivity contribution in [1.82, 2.24) is 24.1 Å². The molecule has 2 saturated heterocycles. The molecule has 2 aliphatic heterocycles. The van der Waals surface area contributed by atoms with Gasteiger partial charge in [0.15, 0.2) is 0 Å². The zero-order valence-electron chi connectivity index (χ0n) is 16.6. The van der Waals surface area contributed by atoms with Crippen molar-refractivity contribution >= 4 is 16.0 Å². The van der Waals surface area contributed by atoms with E-state index in [0.717, 1.165) is 6.42 Å². The molecule has 0 aliphatic carbocycles.